The molecular weight excluding hydrogens is 361 g/mol. The zero-order valence-electron chi connectivity index (χ0n) is 11.4. The molecule has 1 aromatic heterocycles. The number of hydrogen-bond acceptors (Lipinski definition) is 2. The lowest BCUT2D eigenvalue weighted by Gasteiger charge is -2.08. The van der Waals surface area contributed by atoms with Crippen LogP contribution in [0.15, 0.2) is 46.9 Å². The fourth-order valence-corrected chi connectivity index (χ4v) is 2.63. The van der Waals surface area contributed by atoms with Crippen LogP contribution in [0, 0.1) is 0 Å². The second-order valence-electron chi connectivity index (χ2n) is 4.71. The summed E-state index contributed by atoms with van der Waals surface area (Å²) in [6, 6.07) is 11.4. The van der Waals surface area contributed by atoms with Gasteiger partial charge >= 0.3 is 6.36 Å². The van der Waals surface area contributed by atoms with Gasteiger partial charge in [-0.1, -0.05) is 15.9 Å². The average molecular weight is 371 g/mol. The molecule has 3 rings (SSSR count). The zero-order chi connectivity index (χ0) is 15.9. The van der Waals surface area contributed by atoms with Gasteiger partial charge in [-0.15, -0.1) is 13.2 Å². The first-order valence-electron chi connectivity index (χ1n) is 6.32. The summed E-state index contributed by atoms with van der Waals surface area (Å²) in [4.78, 5) is 0. The smallest absolute Gasteiger partial charge is 0.406 e. The Morgan fingerprint density at radius 3 is 2.41 bits per heavy atom. The van der Waals surface area contributed by atoms with Gasteiger partial charge in [0.15, 0.2) is 0 Å². The number of aromatic nitrogens is 2. The van der Waals surface area contributed by atoms with Crippen LogP contribution < -0.4 is 4.74 Å². The number of alkyl halides is 3. The van der Waals surface area contributed by atoms with Crippen molar-refractivity contribution in [3.8, 4) is 17.0 Å². The second kappa shape index (κ2) is 5.31. The molecule has 0 atom stereocenters. The van der Waals surface area contributed by atoms with E-state index in [0.29, 0.717) is 5.69 Å². The largest absolute Gasteiger partial charge is 0.573 e. The lowest BCUT2D eigenvalue weighted by atomic mass is 10.1. The van der Waals surface area contributed by atoms with E-state index in [4.69, 9.17) is 0 Å². The van der Waals surface area contributed by atoms with Gasteiger partial charge in [-0.3, -0.25) is 4.68 Å². The molecule has 0 unspecified atom stereocenters. The Morgan fingerprint density at radius 2 is 1.77 bits per heavy atom. The molecule has 2 aromatic carbocycles. The summed E-state index contributed by atoms with van der Waals surface area (Å²) in [7, 11) is 1.82. The monoisotopic (exact) mass is 370 g/mol. The molecule has 1 heterocycles. The van der Waals surface area contributed by atoms with Crippen molar-refractivity contribution < 1.29 is 17.9 Å². The Labute approximate surface area is 132 Å². The molecule has 3 nitrogen and oxygen atoms in total. The van der Waals surface area contributed by atoms with Gasteiger partial charge in [0.2, 0.25) is 0 Å². The number of ether oxygens (including phenoxy) is 1. The summed E-state index contributed by atoms with van der Waals surface area (Å²) >= 11 is 3.41. The van der Waals surface area contributed by atoms with Crippen LogP contribution in [0.2, 0.25) is 0 Å². The molecular formula is C15H10BrF3N2O. The normalized spacial score (nSPS) is 11.9. The van der Waals surface area contributed by atoms with Gasteiger partial charge in [0.25, 0.3) is 0 Å². The predicted octanol–water partition coefficient (Wildman–Crippen LogP) is 4.90. The second-order valence-corrected chi connectivity index (χ2v) is 5.62. The van der Waals surface area contributed by atoms with E-state index in [1.165, 1.54) is 12.1 Å². The zero-order valence-corrected chi connectivity index (χ0v) is 12.9. The van der Waals surface area contributed by atoms with E-state index in [2.05, 4.69) is 25.8 Å². The highest BCUT2D eigenvalue weighted by Gasteiger charge is 2.31. The highest BCUT2D eigenvalue weighted by atomic mass is 79.9. The minimum Gasteiger partial charge on any atom is -0.406 e. The molecule has 114 valence electrons. The molecule has 0 aliphatic carbocycles. The SMILES string of the molecule is Cn1nc(-c2ccc(OC(F)(F)F)cc2)c2cc(Br)ccc21. The standard InChI is InChI=1S/C15H10BrF3N2O/c1-21-13-7-4-10(16)8-12(13)14(20-21)9-2-5-11(6-3-9)22-15(17,18)19/h2-8H,1H3. The van der Waals surface area contributed by atoms with Crippen molar-refractivity contribution >= 4 is 26.8 Å². The Kier molecular flexibility index (Phi) is 3.60. The van der Waals surface area contributed by atoms with Crippen LogP contribution in [0.3, 0.4) is 0 Å². The summed E-state index contributed by atoms with van der Waals surface area (Å²) in [5.41, 5.74) is 2.37. The molecule has 0 saturated carbocycles. The molecule has 0 aliphatic heterocycles. The number of hydrogen-bond donors (Lipinski definition) is 0. The lowest BCUT2D eigenvalue weighted by Crippen LogP contribution is -2.16. The molecule has 0 radical (unpaired) electrons. The van der Waals surface area contributed by atoms with Crippen molar-refractivity contribution in [1.29, 1.82) is 0 Å². The van der Waals surface area contributed by atoms with E-state index >= 15 is 0 Å². The number of benzene rings is 2. The third kappa shape index (κ3) is 2.94. The summed E-state index contributed by atoms with van der Waals surface area (Å²) in [6.45, 7) is 0. The van der Waals surface area contributed by atoms with Crippen LogP contribution in [0.5, 0.6) is 5.75 Å². The Morgan fingerprint density at radius 1 is 1.09 bits per heavy atom. The third-order valence-electron chi connectivity index (χ3n) is 3.17. The lowest BCUT2D eigenvalue weighted by molar-refractivity contribution is -0.274. The van der Waals surface area contributed by atoms with Crippen molar-refractivity contribution in [3.05, 3.63) is 46.9 Å². The highest BCUT2D eigenvalue weighted by Crippen LogP contribution is 2.31. The van der Waals surface area contributed by atoms with Gasteiger partial charge < -0.3 is 4.74 Å². The van der Waals surface area contributed by atoms with Crippen LogP contribution >= 0.6 is 15.9 Å². The van der Waals surface area contributed by atoms with Crippen LogP contribution in [0.4, 0.5) is 13.2 Å². The maximum Gasteiger partial charge on any atom is 0.573 e. The summed E-state index contributed by atoms with van der Waals surface area (Å²) in [5.74, 6) is -0.252. The Bertz CT molecular complexity index is 825. The van der Waals surface area contributed by atoms with E-state index in [1.54, 1.807) is 16.8 Å². The van der Waals surface area contributed by atoms with Gasteiger partial charge in [-0.2, -0.15) is 5.10 Å². The van der Waals surface area contributed by atoms with Crippen LogP contribution in [-0.4, -0.2) is 16.1 Å². The number of rotatable bonds is 2. The molecule has 22 heavy (non-hydrogen) atoms. The first-order valence-corrected chi connectivity index (χ1v) is 7.11. The quantitative estimate of drug-likeness (QED) is 0.641. The van der Waals surface area contributed by atoms with Crippen molar-refractivity contribution in [2.24, 2.45) is 7.05 Å². The number of aryl methyl sites for hydroxylation is 1. The van der Waals surface area contributed by atoms with Crippen molar-refractivity contribution in [1.82, 2.24) is 9.78 Å². The molecule has 7 heteroatoms. The number of nitrogens with zero attached hydrogens (tertiary/aromatic N) is 2. The number of halogens is 4. The van der Waals surface area contributed by atoms with Gasteiger partial charge in [0.1, 0.15) is 11.4 Å². The topological polar surface area (TPSA) is 27.1 Å². The molecule has 3 aromatic rings. The van der Waals surface area contributed by atoms with Gasteiger partial charge in [0, 0.05) is 22.5 Å². The third-order valence-corrected chi connectivity index (χ3v) is 3.67. The minimum absolute atomic E-state index is 0.252. The first-order chi connectivity index (χ1) is 10.3. The molecule has 0 N–H and O–H groups in total. The van der Waals surface area contributed by atoms with Crippen molar-refractivity contribution in [2.75, 3.05) is 0 Å². The molecule has 0 saturated heterocycles. The first kappa shape index (κ1) is 14.9. The van der Waals surface area contributed by atoms with Crippen LogP contribution in [-0.2, 0) is 7.05 Å². The van der Waals surface area contributed by atoms with Gasteiger partial charge in [-0.05, 0) is 42.5 Å². The molecule has 0 amide bonds. The Balaban J connectivity index is 2.03. The summed E-state index contributed by atoms with van der Waals surface area (Å²) in [6.07, 6.45) is -4.69. The number of fused-ring (bicyclic) bond motifs is 1. The van der Waals surface area contributed by atoms with E-state index in [9.17, 15) is 13.2 Å². The molecule has 0 spiro atoms. The van der Waals surface area contributed by atoms with Crippen molar-refractivity contribution in [2.45, 2.75) is 6.36 Å². The van der Waals surface area contributed by atoms with Gasteiger partial charge in [0.05, 0.1) is 5.52 Å². The fraction of sp³-hybridized carbons (Fsp3) is 0.133. The summed E-state index contributed by atoms with van der Waals surface area (Å²) < 4.78 is 43.0. The van der Waals surface area contributed by atoms with E-state index in [-0.39, 0.29) is 5.75 Å². The fourth-order valence-electron chi connectivity index (χ4n) is 2.27. The van der Waals surface area contributed by atoms with E-state index in [0.717, 1.165) is 20.9 Å². The van der Waals surface area contributed by atoms with E-state index < -0.39 is 6.36 Å². The maximum atomic E-state index is 12.2. The Hall–Kier alpha value is -2.02. The molecule has 0 fully saturated rings. The summed E-state index contributed by atoms with van der Waals surface area (Å²) in [5, 5.41) is 5.36. The maximum absolute atomic E-state index is 12.2. The van der Waals surface area contributed by atoms with Crippen LogP contribution in [0.1, 0.15) is 0 Å². The molecule has 0 aliphatic rings. The minimum atomic E-state index is -4.69. The highest BCUT2D eigenvalue weighted by molar-refractivity contribution is 9.10. The van der Waals surface area contributed by atoms with Crippen molar-refractivity contribution in [3.63, 3.8) is 0 Å². The van der Waals surface area contributed by atoms with E-state index in [1.807, 2.05) is 25.2 Å². The van der Waals surface area contributed by atoms with Crippen LogP contribution in [0.25, 0.3) is 22.2 Å². The predicted molar refractivity (Wildman–Crippen MR) is 80.5 cm³/mol. The average Bonchev–Trinajstić information content (AvgIpc) is 2.74. The molecule has 0 bridgehead atoms. The van der Waals surface area contributed by atoms with Gasteiger partial charge in [-0.25, -0.2) is 0 Å².